The maximum atomic E-state index is 12.3. The Hall–Kier alpha value is -1.89. The second-order valence-electron chi connectivity index (χ2n) is 7.25. The number of ether oxygens (including phenoxy) is 1. The number of hydrogen-bond donors (Lipinski definition) is 1. The monoisotopic (exact) mass is 387 g/mol. The SMILES string of the molecule is Cc1ccc(OCC(=O)NCC(c2ccsc2)N2CCN(C)CC2)cc1C. The Morgan fingerprint density at radius 1 is 1.19 bits per heavy atom. The summed E-state index contributed by atoms with van der Waals surface area (Å²) in [5, 5.41) is 7.34. The van der Waals surface area contributed by atoms with Crippen LogP contribution in [0, 0.1) is 13.8 Å². The van der Waals surface area contributed by atoms with Crippen molar-refractivity contribution < 1.29 is 9.53 Å². The first-order valence-electron chi connectivity index (χ1n) is 9.44. The summed E-state index contributed by atoms with van der Waals surface area (Å²) in [5.74, 6) is 0.657. The number of hydrogen-bond acceptors (Lipinski definition) is 5. The van der Waals surface area contributed by atoms with Crippen LogP contribution in [0.5, 0.6) is 5.75 Å². The molecule has 1 atom stereocenters. The summed E-state index contributed by atoms with van der Waals surface area (Å²) in [5.41, 5.74) is 3.66. The number of amides is 1. The molecule has 5 nitrogen and oxygen atoms in total. The van der Waals surface area contributed by atoms with Gasteiger partial charge in [0.25, 0.3) is 5.91 Å². The molecule has 1 amide bonds. The molecule has 1 aromatic heterocycles. The number of benzene rings is 1. The summed E-state index contributed by atoms with van der Waals surface area (Å²) in [7, 11) is 2.16. The van der Waals surface area contributed by atoms with E-state index in [1.54, 1.807) is 11.3 Å². The molecular formula is C21H29N3O2S. The number of likely N-dealkylation sites (N-methyl/N-ethyl adjacent to an activating group) is 1. The number of carbonyl (C=O) groups excluding carboxylic acids is 1. The Bertz CT molecular complexity index is 740. The van der Waals surface area contributed by atoms with Gasteiger partial charge in [-0.3, -0.25) is 9.69 Å². The fraction of sp³-hybridized carbons (Fsp3) is 0.476. The maximum absolute atomic E-state index is 12.3. The number of carbonyl (C=O) groups is 1. The molecule has 0 radical (unpaired) electrons. The normalized spacial score (nSPS) is 16.9. The molecule has 1 aliphatic heterocycles. The van der Waals surface area contributed by atoms with E-state index >= 15 is 0 Å². The van der Waals surface area contributed by atoms with E-state index < -0.39 is 0 Å². The summed E-state index contributed by atoms with van der Waals surface area (Å²) in [6.45, 7) is 8.92. The molecule has 1 aromatic carbocycles. The summed E-state index contributed by atoms with van der Waals surface area (Å²) in [4.78, 5) is 17.1. The molecule has 6 heteroatoms. The highest BCUT2D eigenvalue weighted by Crippen LogP contribution is 2.23. The smallest absolute Gasteiger partial charge is 0.258 e. The van der Waals surface area contributed by atoms with Gasteiger partial charge < -0.3 is 15.0 Å². The first kappa shape index (κ1) is 19.9. The number of thiophene rings is 1. The third kappa shape index (κ3) is 5.54. The van der Waals surface area contributed by atoms with Crippen LogP contribution in [0.25, 0.3) is 0 Å². The van der Waals surface area contributed by atoms with Crippen LogP contribution < -0.4 is 10.1 Å². The molecule has 2 aromatic rings. The summed E-state index contributed by atoms with van der Waals surface area (Å²) >= 11 is 1.70. The largest absolute Gasteiger partial charge is 0.484 e. The van der Waals surface area contributed by atoms with Crippen LogP contribution in [0.1, 0.15) is 22.7 Å². The molecule has 1 aliphatic rings. The van der Waals surface area contributed by atoms with Crippen LogP contribution in [-0.4, -0.2) is 62.1 Å². The van der Waals surface area contributed by atoms with Gasteiger partial charge in [-0.2, -0.15) is 11.3 Å². The summed E-state index contributed by atoms with van der Waals surface area (Å²) in [6.07, 6.45) is 0. The van der Waals surface area contributed by atoms with Crippen molar-refractivity contribution in [3.05, 3.63) is 51.7 Å². The van der Waals surface area contributed by atoms with E-state index in [9.17, 15) is 4.79 Å². The van der Waals surface area contributed by atoms with E-state index in [1.807, 2.05) is 25.1 Å². The maximum Gasteiger partial charge on any atom is 0.258 e. The van der Waals surface area contributed by atoms with Gasteiger partial charge in [-0.1, -0.05) is 6.07 Å². The Labute approximate surface area is 165 Å². The lowest BCUT2D eigenvalue weighted by molar-refractivity contribution is -0.123. The van der Waals surface area contributed by atoms with Gasteiger partial charge in [0, 0.05) is 32.7 Å². The Balaban J connectivity index is 1.53. The van der Waals surface area contributed by atoms with Crippen molar-refractivity contribution in [1.29, 1.82) is 0 Å². The molecule has 1 unspecified atom stereocenters. The van der Waals surface area contributed by atoms with Crippen LogP contribution in [0.2, 0.25) is 0 Å². The van der Waals surface area contributed by atoms with Crippen molar-refractivity contribution in [2.45, 2.75) is 19.9 Å². The van der Waals surface area contributed by atoms with Gasteiger partial charge in [0.2, 0.25) is 0 Å². The van der Waals surface area contributed by atoms with E-state index in [0.717, 1.165) is 31.9 Å². The zero-order chi connectivity index (χ0) is 19.2. The molecule has 0 bridgehead atoms. The van der Waals surface area contributed by atoms with E-state index in [2.05, 4.69) is 45.9 Å². The fourth-order valence-electron chi connectivity index (χ4n) is 3.27. The zero-order valence-electron chi connectivity index (χ0n) is 16.4. The molecule has 3 rings (SSSR count). The van der Waals surface area contributed by atoms with Crippen LogP contribution in [-0.2, 0) is 4.79 Å². The van der Waals surface area contributed by atoms with Gasteiger partial charge in [0.15, 0.2) is 6.61 Å². The first-order chi connectivity index (χ1) is 13.0. The molecule has 27 heavy (non-hydrogen) atoms. The minimum absolute atomic E-state index is 0.0432. The topological polar surface area (TPSA) is 44.8 Å². The van der Waals surface area contributed by atoms with Crippen molar-refractivity contribution in [3.63, 3.8) is 0 Å². The Kier molecular flexibility index (Phi) is 6.88. The van der Waals surface area contributed by atoms with E-state index in [-0.39, 0.29) is 18.6 Å². The van der Waals surface area contributed by atoms with Crippen LogP contribution in [0.4, 0.5) is 0 Å². The lowest BCUT2D eigenvalue weighted by Crippen LogP contribution is -2.48. The van der Waals surface area contributed by atoms with Crippen molar-refractivity contribution in [1.82, 2.24) is 15.1 Å². The zero-order valence-corrected chi connectivity index (χ0v) is 17.2. The molecule has 1 fully saturated rings. The molecule has 0 aliphatic carbocycles. The minimum Gasteiger partial charge on any atom is -0.484 e. The quantitative estimate of drug-likeness (QED) is 0.794. The van der Waals surface area contributed by atoms with E-state index in [4.69, 9.17) is 4.74 Å². The molecule has 2 heterocycles. The third-order valence-corrected chi connectivity index (χ3v) is 5.95. The van der Waals surface area contributed by atoms with Gasteiger partial charge >= 0.3 is 0 Å². The molecule has 146 valence electrons. The number of nitrogens with one attached hydrogen (secondary N) is 1. The number of aryl methyl sites for hydroxylation is 2. The molecule has 0 spiro atoms. The van der Waals surface area contributed by atoms with Crippen molar-refractivity contribution >= 4 is 17.2 Å². The standard InChI is InChI=1S/C21H29N3O2S/c1-16-4-5-19(12-17(16)2)26-14-21(25)22-13-20(18-6-11-27-15-18)24-9-7-23(3)8-10-24/h4-6,11-12,15,20H,7-10,13-14H2,1-3H3,(H,22,25). The number of nitrogens with zero attached hydrogens (tertiary/aromatic N) is 2. The predicted molar refractivity (Wildman–Crippen MR) is 111 cm³/mol. The molecule has 1 N–H and O–H groups in total. The van der Waals surface area contributed by atoms with Crippen molar-refractivity contribution in [2.75, 3.05) is 46.4 Å². The second-order valence-corrected chi connectivity index (χ2v) is 8.03. The lowest BCUT2D eigenvalue weighted by Gasteiger charge is -2.38. The summed E-state index contributed by atoms with van der Waals surface area (Å²) < 4.78 is 5.66. The molecule has 1 saturated heterocycles. The minimum atomic E-state index is -0.0809. The predicted octanol–water partition coefficient (Wildman–Crippen LogP) is 2.85. The first-order valence-corrected chi connectivity index (χ1v) is 10.4. The number of rotatable bonds is 7. The van der Waals surface area contributed by atoms with Crippen molar-refractivity contribution in [2.24, 2.45) is 0 Å². The Morgan fingerprint density at radius 3 is 2.63 bits per heavy atom. The average molecular weight is 388 g/mol. The average Bonchev–Trinajstić information content (AvgIpc) is 3.19. The van der Waals surface area contributed by atoms with Crippen LogP contribution >= 0.6 is 11.3 Å². The molecular weight excluding hydrogens is 358 g/mol. The molecule has 0 saturated carbocycles. The highest BCUT2D eigenvalue weighted by molar-refractivity contribution is 7.07. The van der Waals surface area contributed by atoms with Crippen molar-refractivity contribution in [3.8, 4) is 5.75 Å². The highest BCUT2D eigenvalue weighted by Gasteiger charge is 2.24. The lowest BCUT2D eigenvalue weighted by atomic mass is 10.1. The Morgan fingerprint density at radius 2 is 1.96 bits per heavy atom. The second kappa shape index (κ2) is 9.35. The van der Waals surface area contributed by atoms with Gasteiger partial charge in [-0.25, -0.2) is 0 Å². The fourth-order valence-corrected chi connectivity index (χ4v) is 3.98. The summed E-state index contributed by atoms with van der Waals surface area (Å²) in [6, 6.07) is 8.28. The van der Waals surface area contributed by atoms with Gasteiger partial charge in [0.1, 0.15) is 5.75 Å². The third-order valence-electron chi connectivity index (χ3n) is 5.25. The highest BCUT2D eigenvalue weighted by atomic mass is 32.1. The van der Waals surface area contributed by atoms with Crippen LogP contribution in [0.15, 0.2) is 35.0 Å². The van der Waals surface area contributed by atoms with Gasteiger partial charge in [0.05, 0.1) is 6.04 Å². The van der Waals surface area contributed by atoms with Gasteiger partial charge in [-0.05, 0) is 66.5 Å². The van der Waals surface area contributed by atoms with Gasteiger partial charge in [-0.15, -0.1) is 0 Å². The number of piperazine rings is 1. The van der Waals surface area contributed by atoms with E-state index in [1.165, 1.54) is 16.7 Å². The van der Waals surface area contributed by atoms with Crippen LogP contribution in [0.3, 0.4) is 0 Å². The van der Waals surface area contributed by atoms with E-state index in [0.29, 0.717) is 6.54 Å².